The van der Waals surface area contributed by atoms with Crippen LogP contribution in [0.3, 0.4) is 0 Å². The van der Waals surface area contributed by atoms with Gasteiger partial charge in [0.25, 0.3) is 0 Å². The van der Waals surface area contributed by atoms with Crippen LogP contribution in [-0.2, 0) is 6.54 Å². The van der Waals surface area contributed by atoms with Gasteiger partial charge in [-0.25, -0.2) is 0 Å². The second kappa shape index (κ2) is 8.27. The Morgan fingerprint density at radius 3 is 2.39 bits per heavy atom. The van der Waals surface area contributed by atoms with E-state index in [4.69, 9.17) is 34.8 Å². The molecule has 1 aromatic rings. The maximum atomic E-state index is 6.12. The summed E-state index contributed by atoms with van der Waals surface area (Å²) >= 11 is 18.2. The van der Waals surface area contributed by atoms with E-state index in [1.165, 1.54) is 19.3 Å². The molecule has 0 aliphatic rings. The molecule has 0 radical (unpaired) electrons. The minimum Gasteiger partial charge on any atom is -0.313 e. The summed E-state index contributed by atoms with van der Waals surface area (Å²) in [6.07, 6.45) is 3.70. The lowest BCUT2D eigenvalue weighted by molar-refractivity contribution is 0.520. The first-order chi connectivity index (χ1) is 8.52. The molecule has 1 nitrogen and oxygen atoms in total. The van der Waals surface area contributed by atoms with Crippen LogP contribution < -0.4 is 5.32 Å². The lowest BCUT2D eigenvalue weighted by atomic mass is 10.1. The number of nitrogens with one attached hydrogen (secondary N) is 1. The van der Waals surface area contributed by atoms with Crippen molar-refractivity contribution in [1.82, 2.24) is 5.32 Å². The highest BCUT2D eigenvalue weighted by Crippen LogP contribution is 2.31. The molecule has 102 valence electrons. The first kappa shape index (κ1) is 16.1. The molecule has 0 spiro atoms. The van der Waals surface area contributed by atoms with Crippen molar-refractivity contribution in [1.29, 1.82) is 0 Å². The third-order valence-corrected chi connectivity index (χ3v) is 4.02. The zero-order valence-corrected chi connectivity index (χ0v) is 13.2. The third-order valence-electron chi connectivity index (χ3n) is 2.83. The number of rotatable bonds is 7. The van der Waals surface area contributed by atoms with Gasteiger partial charge in [0.05, 0.1) is 10.0 Å². The zero-order chi connectivity index (χ0) is 13.5. The van der Waals surface area contributed by atoms with E-state index in [1.807, 2.05) is 0 Å². The van der Waals surface area contributed by atoms with Gasteiger partial charge >= 0.3 is 0 Å². The van der Waals surface area contributed by atoms with Gasteiger partial charge < -0.3 is 5.32 Å². The Balaban J connectivity index is 2.33. The van der Waals surface area contributed by atoms with Gasteiger partial charge in [-0.05, 0) is 31.0 Å². The monoisotopic (exact) mass is 307 g/mol. The molecule has 0 bridgehead atoms. The maximum Gasteiger partial charge on any atom is 0.0652 e. The second-order valence-electron chi connectivity index (χ2n) is 4.89. The van der Waals surface area contributed by atoms with Crippen molar-refractivity contribution in [3.63, 3.8) is 0 Å². The highest BCUT2D eigenvalue weighted by molar-refractivity contribution is 6.44. The fraction of sp³-hybridized carbons (Fsp3) is 0.571. The molecule has 0 aromatic heterocycles. The van der Waals surface area contributed by atoms with Gasteiger partial charge in [-0.3, -0.25) is 0 Å². The quantitative estimate of drug-likeness (QED) is 0.513. The first-order valence-corrected chi connectivity index (χ1v) is 7.49. The molecule has 0 atom stereocenters. The van der Waals surface area contributed by atoms with E-state index in [9.17, 15) is 0 Å². The standard InChI is InChI=1S/C14H20Cl3N/c1-10(2)5-3-4-8-18-9-11-12(15)6-7-13(16)14(11)17/h6-7,10,18H,3-5,8-9H2,1-2H3. The molecule has 0 fully saturated rings. The molecule has 4 heteroatoms. The van der Waals surface area contributed by atoms with Crippen LogP contribution in [0, 0.1) is 5.92 Å². The van der Waals surface area contributed by atoms with Crippen LogP contribution in [-0.4, -0.2) is 6.54 Å². The maximum absolute atomic E-state index is 6.12. The van der Waals surface area contributed by atoms with Gasteiger partial charge in [0, 0.05) is 17.1 Å². The number of hydrogen-bond donors (Lipinski definition) is 1. The summed E-state index contributed by atoms with van der Waals surface area (Å²) in [5.74, 6) is 0.779. The van der Waals surface area contributed by atoms with Crippen molar-refractivity contribution < 1.29 is 0 Å². The lowest BCUT2D eigenvalue weighted by Crippen LogP contribution is -2.15. The number of unbranched alkanes of at least 4 members (excludes halogenated alkanes) is 1. The Kier molecular flexibility index (Phi) is 7.40. The van der Waals surface area contributed by atoms with Crippen LogP contribution in [0.5, 0.6) is 0 Å². The minimum absolute atomic E-state index is 0.553. The zero-order valence-electron chi connectivity index (χ0n) is 10.9. The molecular formula is C14H20Cl3N. The van der Waals surface area contributed by atoms with Gasteiger partial charge in [0.15, 0.2) is 0 Å². The largest absolute Gasteiger partial charge is 0.313 e. The summed E-state index contributed by atoms with van der Waals surface area (Å²) in [5.41, 5.74) is 0.884. The topological polar surface area (TPSA) is 12.0 Å². The van der Waals surface area contributed by atoms with Gasteiger partial charge in [-0.15, -0.1) is 0 Å². The van der Waals surface area contributed by atoms with Crippen LogP contribution in [0.4, 0.5) is 0 Å². The molecule has 0 amide bonds. The molecule has 0 heterocycles. The van der Waals surface area contributed by atoms with E-state index in [1.54, 1.807) is 12.1 Å². The Hall–Kier alpha value is 0.0500. The highest BCUT2D eigenvalue weighted by Gasteiger charge is 2.08. The average Bonchev–Trinajstić information content (AvgIpc) is 2.32. The smallest absolute Gasteiger partial charge is 0.0652 e. The Bertz CT molecular complexity index is 378. The molecule has 1 N–H and O–H groups in total. The van der Waals surface area contributed by atoms with Crippen LogP contribution >= 0.6 is 34.8 Å². The van der Waals surface area contributed by atoms with Crippen molar-refractivity contribution in [3.8, 4) is 0 Å². The first-order valence-electron chi connectivity index (χ1n) is 6.35. The van der Waals surface area contributed by atoms with Gasteiger partial charge in [0.1, 0.15) is 0 Å². The molecule has 1 aromatic carbocycles. The van der Waals surface area contributed by atoms with E-state index in [0.717, 1.165) is 18.0 Å². The molecule has 18 heavy (non-hydrogen) atoms. The van der Waals surface area contributed by atoms with Crippen LogP contribution in [0.1, 0.15) is 38.7 Å². The van der Waals surface area contributed by atoms with E-state index >= 15 is 0 Å². The molecule has 0 unspecified atom stereocenters. The van der Waals surface area contributed by atoms with Crippen molar-refractivity contribution in [2.24, 2.45) is 5.92 Å². The summed E-state index contributed by atoms with van der Waals surface area (Å²) in [6.45, 7) is 6.14. The summed E-state index contributed by atoms with van der Waals surface area (Å²) in [7, 11) is 0. The number of hydrogen-bond acceptors (Lipinski definition) is 1. The third kappa shape index (κ3) is 5.36. The summed E-state index contributed by atoms with van der Waals surface area (Å²) in [6, 6.07) is 3.50. The normalized spacial score (nSPS) is 11.2. The van der Waals surface area contributed by atoms with Crippen LogP contribution in [0.25, 0.3) is 0 Å². The van der Waals surface area contributed by atoms with E-state index in [0.29, 0.717) is 21.6 Å². The minimum atomic E-state index is 0.553. The van der Waals surface area contributed by atoms with E-state index in [-0.39, 0.29) is 0 Å². The Morgan fingerprint density at radius 1 is 1.06 bits per heavy atom. The fourth-order valence-electron chi connectivity index (χ4n) is 1.75. The molecule has 0 saturated carbocycles. The van der Waals surface area contributed by atoms with Crippen molar-refractivity contribution >= 4 is 34.8 Å². The molecule has 0 aliphatic heterocycles. The van der Waals surface area contributed by atoms with E-state index < -0.39 is 0 Å². The Morgan fingerprint density at radius 2 is 1.72 bits per heavy atom. The summed E-state index contributed by atoms with van der Waals surface area (Å²) in [4.78, 5) is 0. The van der Waals surface area contributed by atoms with Gasteiger partial charge in [-0.1, -0.05) is 61.5 Å². The molecule has 0 aliphatic carbocycles. The van der Waals surface area contributed by atoms with Gasteiger partial charge in [-0.2, -0.15) is 0 Å². The van der Waals surface area contributed by atoms with Crippen LogP contribution in [0.2, 0.25) is 15.1 Å². The predicted octanol–water partition coefficient (Wildman–Crippen LogP) is 5.56. The number of halogens is 3. The van der Waals surface area contributed by atoms with Gasteiger partial charge in [0.2, 0.25) is 0 Å². The van der Waals surface area contributed by atoms with Crippen molar-refractivity contribution in [2.75, 3.05) is 6.54 Å². The SMILES string of the molecule is CC(C)CCCCNCc1c(Cl)ccc(Cl)c1Cl. The summed E-state index contributed by atoms with van der Waals surface area (Å²) < 4.78 is 0. The highest BCUT2D eigenvalue weighted by atomic mass is 35.5. The second-order valence-corrected chi connectivity index (χ2v) is 6.08. The fourth-order valence-corrected chi connectivity index (χ4v) is 2.43. The van der Waals surface area contributed by atoms with Crippen LogP contribution in [0.15, 0.2) is 12.1 Å². The number of benzene rings is 1. The molecular weight excluding hydrogens is 289 g/mol. The molecule has 0 saturated heterocycles. The van der Waals surface area contributed by atoms with Crippen molar-refractivity contribution in [3.05, 3.63) is 32.8 Å². The van der Waals surface area contributed by atoms with Crippen molar-refractivity contribution in [2.45, 2.75) is 39.7 Å². The Labute approximate surface area is 125 Å². The molecule has 1 rings (SSSR count). The predicted molar refractivity (Wildman–Crippen MR) is 81.9 cm³/mol. The summed E-state index contributed by atoms with van der Waals surface area (Å²) in [5, 5.41) is 5.13. The van der Waals surface area contributed by atoms with E-state index in [2.05, 4.69) is 19.2 Å². The lowest BCUT2D eigenvalue weighted by Gasteiger charge is -2.10. The average molecular weight is 309 g/mol.